The summed E-state index contributed by atoms with van der Waals surface area (Å²) in [5.74, 6) is -1.73. The fraction of sp³-hybridized carbons (Fsp3) is 0.100. The molecule has 1 heterocycles. The smallest absolute Gasteiger partial charge is 0.251 e. The summed E-state index contributed by atoms with van der Waals surface area (Å²) in [4.78, 5) is 16.4. The first-order valence-corrected chi connectivity index (χ1v) is 8.12. The molecule has 132 valence electrons. The molecule has 0 aliphatic carbocycles. The molecule has 1 amide bonds. The predicted molar refractivity (Wildman–Crippen MR) is 96.4 cm³/mol. The van der Waals surface area contributed by atoms with Gasteiger partial charge in [-0.1, -0.05) is 30.3 Å². The number of rotatable bonds is 6. The predicted octanol–water partition coefficient (Wildman–Crippen LogP) is 4.08. The minimum absolute atomic E-state index is 0.225. The van der Waals surface area contributed by atoms with Gasteiger partial charge in [0, 0.05) is 30.1 Å². The summed E-state index contributed by atoms with van der Waals surface area (Å²) in [7, 11) is 0. The van der Waals surface area contributed by atoms with Gasteiger partial charge in [0.2, 0.25) is 0 Å². The standard InChI is InChI=1S/C20H17F2N3O/c21-17-7-6-16(13-18(17)22)25-19-12-15(9-11-23-19)20(26)24-10-8-14-4-2-1-3-5-14/h1-7,9,11-13H,8,10H2,(H,23,25)(H,24,26). The van der Waals surface area contributed by atoms with Crippen LogP contribution in [0.3, 0.4) is 0 Å². The van der Waals surface area contributed by atoms with Gasteiger partial charge < -0.3 is 10.6 Å². The molecule has 0 aliphatic rings. The van der Waals surface area contributed by atoms with Crippen LogP contribution in [-0.2, 0) is 6.42 Å². The first kappa shape index (κ1) is 17.5. The van der Waals surface area contributed by atoms with Gasteiger partial charge in [-0.25, -0.2) is 13.8 Å². The van der Waals surface area contributed by atoms with E-state index in [0.717, 1.165) is 24.1 Å². The van der Waals surface area contributed by atoms with Crippen molar-refractivity contribution in [1.82, 2.24) is 10.3 Å². The highest BCUT2D eigenvalue weighted by molar-refractivity contribution is 5.94. The van der Waals surface area contributed by atoms with E-state index in [1.54, 1.807) is 12.1 Å². The Morgan fingerprint density at radius 1 is 0.962 bits per heavy atom. The number of anilines is 2. The maximum Gasteiger partial charge on any atom is 0.251 e. The average Bonchev–Trinajstić information content (AvgIpc) is 2.66. The zero-order valence-electron chi connectivity index (χ0n) is 13.9. The zero-order valence-corrected chi connectivity index (χ0v) is 13.9. The second kappa shape index (κ2) is 8.20. The lowest BCUT2D eigenvalue weighted by Crippen LogP contribution is -2.25. The minimum Gasteiger partial charge on any atom is -0.352 e. The van der Waals surface area contributed by atoms with Crippen LogP contribution in [0.1, 0.15) is 15.9 Å². The van der Waals surface area contributed by atoms with E-state index in [-0.39, 0.29) is 5.91 Å². The molecule has 0 unspecified atom stereocenters. The Balaban J connectivity index is 1.60. The Kier molecular flexibility index (Phi) is 5.53. The van der Waals surface area contributed by atoms with Crippen LogP contribution >= 0.6 is 0 Å². The number of nitrogens with zero attached hydrogens (tertiary/aromatic N) is 1. The second-order valence-corrected chi connectivity index (χ2v) is 5.68. The molecule has 0 bridgehead atoms. The monoisotopic (exact) mass is 353 g/mol. The number of hydrogen-bond acceptors (Lipinski definition) is 3. The minimum atomic E-state index is -0.954. The summed E-state index contributed by atoms with van der Waals surface area (Å²) in [5.41, 5.74) is 1.92. The topological polar surface area (TPSA) is 54.0 Å². The Bertz CT molecular complexity index is 901. The van der Waals surface area contributed by atoms with Gasteiger partial charge in [0.15, 0.2) is 11.6 Å². The highest BCUT2D eigenvalue weighted by Gasteiger charge is 2.08. The Morgan fingerprint density at radius 2 is 1.77 bits per heavy atom. The van der Waals surface area contributed by atoms with Gasteiger partial charge in [-0.2, -0.15) is 0 Å². The molecule has 0 atom stereocenters. The molecular formula is C20H17F2N3O. The van der Waals surface area contributed by atoms with Gasteiger partial charge in [-0.15, -0.1) is 0 Å². The van der Waals surface area contributed by atoms with E-state index in [0.29, 0.717) is 23.6 Å². The first-order valence-electron chi connectivity index (χ1n) is 8.12. The van der Waals surface area contributed by atoms with Crippen molar-refractivity contribution in [2.45, 2.75) is 6.42 Å². The van der Waals surface area contributed by atoms with Gasteiger partial charge in [-0.3, -0.25) is 4.79 Å². The number of pyridine rings is 1. The number of halogens is 2. The van der Waals surface area contributed by atoms with E-state index in [2.05, 4.69) is 15.6 Å². The van der Waals surface area contributed by atoms with Crippen molar-refractivity contribution in [1.29, 1.82) is 0 Å². The Hall–Kier alpha value is -3.28. The van der Waals surface area contributed by atoms with Crippen molar-refractivity contribution >= 4 is 17.4 Å². The third kappa shape index (κ3) is 4.63. The maximum absolute atomic E-state index is 13.3. The molecule has 6 heteroatoms. The number of benzene rings is 2. The third-order valence-electron chi connectivity index (χ3n) is 3.76. The lowest BCUT2D eigenvalue weighted by molar-refractivity contribution is 0.0954. The molecular weight excluding hydrogens is 336 g/mol. The van der Waals surface area contributed by atoms with Crippen molar-refractivity contribution in [3.05, 3.63) is 89.6 Å². The molecule has 2 aromatic carbocycles. The molecule has 26 heavy (non-hydrogen) atoms. The number of carbonyl (C=O) groups excluding carboxylic acids is 1. The van der Waals surface area contributed by atoms with Gasteiger partial charge in [0.1, 0.15) is 5.82 Å². The zero-order chi connectivity index (χ0) is 18.4. The summed E-state index contributed by atoms with van der Waals surface area (Å²) in [6.45, 7) is 0.511. The summed E-state index contributed by atoms with van der Waals surface area (Å²) in [6.07, 6.45) is 2.21. The number of aromatic nitrogens is 1. The van der Waals surface area contributed by atoms with E-state index in [1.807, 2.05) is 30.3 Å². The van der Waals surface area contributed by atoms with Crippen LogP contribution in [0.2, 0.25) is 0 Å². The molecule has 0 saturated heterocycles. The number of nitrogens with one attached hydrogen (secondary N) is 2. The summed E-state index contributed by atoms with van der Waals surface area (Å²) in [6, 6.07) is 16.5. The Morgan fingerprint density at radius 3 is 2.54 bits per heavy atom. The lowest BCUT2D eigenvalue weighted by Gasteiger charge is -2.09. The number of amides is 1. The van der Waals surface area contributed by atoms with E-state index < -0.39 is 11.6 Å². The van der Waals surface area contributed by atoms with E-state index in [4.69, 9.17) is 0 Å². The van der Waals surface area contributed by atoms with Crippen LogP contribution in [0.5, 0.6) is 0 Å². The van der Waals surface area contributed by atoms with Crippen molar-refractivity contribution in [3.8, 4) is 0 Å². The molecule has 0 spiro atoms. The van der Waals surface area contributed by atoms with E-state index in [9.17, 15) is 13.6 Å². The van der Waals surface area contributed by atoms with Crippen molar-refractivity contribution in [3.63, 3.8) is 0 Å². The molecule has 0 radical (unpaired) electrons. The average molecular weight is 353 g/mol. The van der Waals surface area contributed by atoms with Crippen LogP contribution in [0.15, 0.2) is 66.9 Å². The lowest BCUT2D eigenvalue weighted by atomic mass is 10.1. The fourth-order valence-corrected chi connectivity index (χ4v) is 2.43. The van der Waals surface area contributed by atoms with Gasteiger partial charge in [-0.05, 0) is 36.2 Å². The molecule has 3 rings (SSSR count). The van der Waals surface area contributed by atoms with Crippen LogP contribution in [0.25, 0.3) is 0 Å². The van der Waals surface area contributed by atoms with Gasteiger partial charge in [0.05, 0.1) is 0 Å². The summed E-state index contributed by atoms with van der Waals surface area (Å²) >= 11 is 0. The van der Waals surface area contributed by atoms with Crippen molar-refractivity contribution in [2.24, 2.45) is 0 Å². The molecule has 0 saturated carbocycles. The van der Waals surface area contributed by atoms with Crippen LogP contribution < -0.4 is 10.6 Å². The number of carbonyl (C=O) groups is 1. The molecule has 2 N–H and O–H groups in total. The summed E-state index contributed by atoms with van der Waals surface area (Å²) < 4.78 is 26.2. The number of hydrogen-bond donors (Lipinski definition) is 2. The molecule has 4 nitrogen and oxygen atoms in total. The largest absolute Gasteiger partial charge is 0.352 e. The molecule has 0 fully saturated rings. The van der Waals surface area contributed by atoms with Crippen LogP contribution in [0.4, 0.5) is 20.3 Å². The first-order chi connectivity index (χ1) is 12.6. The molecule has 0 aliphatic heterocycles. The fourth-order valence-electron chi connectivity index (χ4n) is 2.43. The molecule has 3 aromatic rings. The third-order valence-corrected chi connectivity index (χ3v) is 3.76. The second-order valence-electron chi connectivity index (χ2n) is 5.68. The maximum atomic E-state index is 13.3. The van der Waals surface area contributed by atoms with Crippen LogP contribution in [-0.4, -0.2) is 17.4 Å². The Labute approximate surface area is 149 Å². The van der Waals surface area contributed by atoms with Crippen LogP contribution in [0, 0.1) is 11.6 Å². The van der Waals surface area contributed by atoms with Crippen molar-refractivity contribution in [2.75, 3.05) is 11.9 Å². The SMILES string of the molecule is O=C(NCCc1ccccc1)c1ccnc(Nc2ccc(F)c(F)c2)c1. The normalized spacial score (nSPS) is 10.4. The van der Waals surface area contributed by atoms with E-state index in [1.165, 1.54) is 12.3 Å². The molecule has 1 aromatic heterocycles. The summed E-state index contributed by atoms with van der Waals surface area (Å²) in [5, 5.41) is 5.70. The van der Waals surface area contributed by atoms with E-state index >= 15 is 0 Å². The van der Waals surface area contributed by atoms with Gasteiger partial charge in [0.25, 0.3) is 5.91 Å². The van der Waals surface area contributed by atoms with Crippen molar-refractivity contribution < 1.29 is 13.6 Å². The quantitative estimate of drug-likeness (QED) is 0.702. The van der Waals surface area contributed by atoms with Gasteiger partial charge >= 0.3 is 0 Å². The highest BCUT2D eigenvalue weighted by Crippen LogP contribution is 2.18. The highest BCUT2D eigenvalue weighted by atomic mass is 19.2.